The summed E-state index contributed by atoms with van der Waals surface area (Å²) in [5, 5.41) is 4.68. The summed E-state index contributed by atoms with van der Waals surface area (Å²) >= 11 is 1.51. The Bertz CT molecular complexity index is 663. The lowest BCUT2D eigenvalue weighted by Crippen LogP contribution is -2.34. The number of rotatable bonds is 2. The van der Waals surface area contributed by atoms with Gasteiger partial charge in [-0.2, -0.15) is 0 Å². The molecule has 0 saturated carbocycles. The van der Waals surface area contributed by atoms with E-state index in [1.54, 1.807) is 11.8 Å². The Morgan fingerprint density at radius 2 is 2.33 bits per heavy atom. The molecule has 0 spiro atoms. The first kappa shape index (κ1) is 13.8. The molecule has 0 atom stereocenters. The topological polar surface area (TPSA) is 75.4 Å². The van der Waals surface area contributed by atoms with Crippen LogP contribution in [0.5, 0.6) is 0 Å². The van der Waals surface area contributed by atoms with Gasteiger partial charge in [-0.15, -0.1) is 11.3 Å². The van der Waals surface area contributed by atoms with Crippen molar-refractivity contribution in [2.45, 2.75) is 13.3 Å². The van der Waals surface area contributed by atoms with Crippen LogP contribution in [0.4, 0.5) is 0 Å². The van der Waals surface area contributed by atoms with Crippen molar-refractivity contribution in [2.75, 3.05) is 19.6 Å². The minimum atomic E-state index is -0.185. The average molecular weight is 305 g/mol. The van der Waals surface area contributed by atoms with Gasteiger partial charge in [0.05, 0.1) is 4.88 Å². The van der Waals surface area contributed by atoms with Crippen LogP contribution in [-0.2, 0) is 4.79 Å². The molecule has 3 rings (SSSR count). The van der Waals surface area contributed by atoms with E-state index in [9.17, 15) is 9.59 Å². The van der Waals surface area contributed by atoms with E-state index in [-0.39, 0.29) is 11.8 Å². The number of aryl methyl sites for hydroxylation is 1. The quantitative estimate of drug-likeness (QED) is 0.916. The van der Waals surface area contributed by atoms with E-state index in [1.165, 1.54) is 11.3 Å². The molecule has 2 aromatic rings. The Kier molecular flexibility index (Phi) is 3.74. The lowest BCUT2D eigenvalue weighted by atomic mass is 10.3. The lowest BCUT2D eigenvalue weighted by molar-refractivity contribution is -0.120. The predicted molar refractivity (Wildman–Crippen MR) is 78.1 cm³/mol. The van der Waals surface area contributed by atoms with Gasteiger partial charge in [-0.25, -0.2) is 4.98 Å². The summed E-state index contributed by atoms with van der Waals surface area (Å²) in [7, 11) is 0. The first-order valence-corrected chi connectivity index (χ1v) is 7.60. The molecule has 1 saturated heterocycles. The maximum absolute atomic E-state index is 12.5. The third kappa shape index (κ3) is 2.82. The molecule has 1 aliphatic rings. The van der Waals surface area contributed by atoms with Crippen LogP contribution in [0.15, 0.2) is 21.9 Å². The van der Waals surface area contributed by atoms with Crippen LogP contribution in [0, 0.1) is 6.92 Å². The van der Waals surface area contributed by atoms with Crippen LogP contribution in [0.25, 0.3) is 10.8 Å². The molecule has 2 amide bonds. The Labute approximate surface area is 125 Å². The van der Waals surface area contributed by atoms with Gasteiger partial charge in [-0.05, 0) is 18.4 Å². The number of thiophene rings is 1. The standard InChI is InChI=1S/C14H15N3O3S/c1-9-12(16-13(20-9)10-3-2-8-21-10)14(19)17-6-4-11(18)15-5-7-17/h2-3,8H,4-7H2,1H3,(H,15,18). The van der Waals surface area contributed by atoms with Crippen LogP contribution < -0.4 is 5.32 Å². The lowest BCUT2D eigenvalue weighted by Gasteiger charge is -2.18. The SMILES string of the molecule is Cc1oc(-c2cccs2)nc1C(=O)N1CCNC(=O)CC1. The molecular weight excluding hydrogens is 290 g/mol. The van der Waals surface area contributed by atoms with Crippen LogP contribution in [0.3, 0.4) is 0 Å². The van der Waals surface area contributed by atoms with Gasteiger partial charge in [-0.1, -0.05) is 6.07 Å². The number of hydrogen-bond donors (Lipinski definition) is 1. The minimum absolute atomic E-state index is 0.0264. The van der Waals surface area contributed by atoms with Crippen molar-refractivity contribution in [2.24, 2.45) is 0 Å². The van der Waals surface area contributed by atoms with Crippen molar-refractivity contribution < 1.29 is 14.0 Å². The summed E-state index contributed by atoms with van der Waals surface area (Å²) in [4.78, 5) is 30.7. The number of aromatic nitrogens is 1. The van der Waals surface area contributed by atoms with E-state index in [4.69, 9.17) is 4.42 Å². The first-order chi connectivity index (χ1) is 10.1. The van der Waals surface area contributed by atoms with Crippen LogP contribution in [-0.4, -0.2) is 41.3 Å². The second-order valence-corrected chi connectivity index (χ2v) is 5.74. The van der Waals surface area contributed by atoms with Gasteiger partial charge in [0.1, 0.15) is 5.76 Å². The largest absolute Gasteiger partial charge is 0.440 e. The highest BCUT2D eigenvalue weighted by Crippen LogP contribution is 2.26. The normalized spacial score (nSPS) is 15.7. The first-order valence-electron chi connectivity index (χ1n) is 6.72. The van der Waals surface area contributed by atoms with Gasteiger partial charge < -0.3 is 14.6 Å². The summed E-state index contributed by atoms with van der Waals surface area (Å²) < 4.78 is 5.59. The molecule has 1 aliphatic heterocycles. The number of nitrogens with one attached hydrogen (secondary N) is 1. The molecule has 0 radical (unpaired) electrons. The Balaban J connectivity index is 1.83. The number of carbonyl (C=O) groups excluding carboxylic acids is 2. The summed E-state index contributed by atoms with van der Waals surface area (Å²) in [6, 6.07) is 3.81. The molecule has 1 N–H and O–H groups in total. The Morgan fingerprint density at radius 3 is 3.10 bits per heavy atom. The molecule has 2 aromatic heterocycles. The monoisotopic (exact) mass is 305 g/mol. The number of nitrogens with zero attached hydrogens (tertiary/aromatic N) is 2. The highest BCUT2D eigenvalue weighted by molar-refractivity contribution is 7.13. The second-order valence-electron chi connectivity index (χ2n) is 4.79. The Hall–Kier alpha value is -2.15. The van der Waals surface area contributed by atoms with E-state index in [2.05, 4.69) is 10.3 Å². The smallest absolute Gasteiger partial charge is 0.276 e. The minimum Gasteiger partial charge on any atom is -0.440 e. The average Bonchev–Trinajstić information content (AvgIpc) is 3.06. The molecule has 0 aliphatic carbocycles. The van der Waals surface area contributed by atoms with Crippen molar-refractivity contribution in [3.05, 3.63) is 29.0 Å². The van der Waals surface area contributed by atoms with E-state index >= 15 is 0 Å². The highest BCUT2D eigenvalue weighted by atomic mass is 32.1. The molecule has 1 fully saturated rings. The molecule has 7 heteroatoms. The molecule has 0 unspecified atom stereocenters. The maximum Gasteiger partial charge on any atom is 0.276 e. The zero-order valence-electron chi connectivity index (χ0n) is 11.6. The van der Waals surface area contributed by atoms with Gasteiger partial charge in [-0.3, -0.25) is 9.59 Å². The van der Waals surface area contributed by atoms with E-state index in [1.807, 2.05) is 17.5 Å². The molecule has 6 nitrogen and oxygen atoms in total. The van der Waals surface area contributed by atoms with Gasteiger partial charge in [0, 0.05) is 26.1 Å². The Morgan fingerprint density at radius 1 is 1.48 bits per heavy atom. The summed E-state index contributed by atoms with van der Waals surface area (Å²) in [5.74, 6) is 0.763. The zero-order chi connectivity index (χ0) is 14.8. The number of oxazole rings is 1. The summed E-state index contributed by atoms with van der Waals surface area (Å²) in [6.07, 6.45) is 0.320. The number of carbonyl (C=O) groups is 2. The van der Waals surface area contributed by atoms with Gasteiger partial charge >= 0.3 is 0 Å². The van der Waals surface area contributed by atoms with Crippen molar-refractivity contribution in [1.82, 2.24) is 15.2 Å². The van der Waals surface area contributed by atoms with Crippen molar-refractivity contribution in [1.29, 1.82) is 0 Å². The second kappa shape index (κ2) is 5.69. The van der Waals surface area contributed by atoms with E-state index < -0.39 is 0 Å². The molecule has 3 heterocycles. The summed E-state index contributed by atoms with van der Waals surface area (Å²) in [5.41, 5.74) is 0.327. The van der Waals surface area contributed by atoms with E-state index in [0.717, 1.165) is 4.88 Å². The number of hydrogen-bond acceptors (Lipinski definition) is 5. The highest BCUT2D eigenvalue weighted by Gasteiger charge is 2.25. The predicted octanol–water partition coefficient (Wildman–Crippen LogP) is 1.67. The molecule has 0 bridgehead atoms. The van der Waals surface area contributed by atoms with E-state index in [0.29, 0.717) is 43.4 Å². The number of amides is 2. The third-order valence-electron chi connectivity index (χ3n) is 3.33. The molecular formula is C14H15N3O3S. The van der Waals surface area contributed by atoms with Crippen LogP contribution in [0.1, 0.15) is 22.7 Å². The van der Waals surface area contributed by atoms with Gasteiger partial charge in [0.2, 0.25) is 11.8 Å². The molecule has 0 aromatic carbocycles. The van der Waals surface area contributed by atoms with Crippen LogP contribution in [0.2, 0.25) is 0 Å². The fraction of sp³-hybridized carbons (Fsp3) is 0.357. The van der Waals surface area contributed by atoms with Gasteiger partial charge in [0.15, 0.2) is 5.69 Å². The van der Waals surface area contributed by atoms with Crippen molar-refractivity contribution >= 4 is 23.2 Å². The maximum atomic E-state index is 12.5. The molecule has 110 valence electrons. The summed E-state index contributed by atoms with van der Waals surface area (Å²) in [6.45, 7) is 3.11. The van der Waals surface area contributed by atoms with Crippen molar-refractivity contribution in [3.8, 4) is 10.8 Å². The van der Waals surface area contributed by atoms with Crippen LogP contribution >= 0.6 is 11.3 Å². The fourth-order valence-corrected chi connectivity index (χ4v) is 2.87. The van der Waals surface area contributed by atoms with Gasteiger partial charge in [0.25, 0.3) is 5.91 Å². The third-order valence-corrected chi connectivity index (χ3v) is 4.19. The zero-order valence-corrected chi connectivity index (χ0v) is 12.4. The molecule has 21 heavy (non-hydrogen) atoms. The van der Waals surface area contributed by atoms with Crippen molar-refractivity contribution in [3.63, 3.8) is 0 Å². The fourth-order valence-electron chi connectivity index (χ4n) is 2.22.